The van der Waals surface area contributed by atoms with Crippen LogP contribution in [0.25, 0.3) is 0 Å². The van der Waals surface area contributed by atoms with Crippen LogP contribution in [0.15, 0.2) is 24.3 Å². The summed E-state index contributed by atoms with van der Waals surface area (Å²) in [4.78, 5) is 2.31. The van der Waals surface area contributed by atoms with Gasteiger partial charge in [0.1, 0.15) is 0 Å². The van der Waals surface area contributed by atoms with Gasteiger partial charge in [0.25, 0.3) is 0 Å². The van der Waals surface area contributed by atoms with E-state index in [9.17, 15) is 5.11 Å². The van der Waals surface area contributed by atoms with Crippen molar-refractivity contribution >= 4 is 11.6 Å². The lowest BCUT2D eigenvalue weighted by Gasteiger charge is -2.34. The van der Waals surface area contributed by atoms with Crippen molar-refractivity contribution in [2.45, 2.75) is 31.4 Å². The van der Waals surface area contributed by atoms with Gasteiger partial charge in [-0.1, -0.05) is 23.7 Å². The minimum absolute atomic E-state index is 0.0353. The maximum atomic E-state index is 9.27. The van der Waals surface area contributed by atoms with Gasteiger partial charge in [-0.25, -0.2) is 0 Å². The summed E-state index contributed by atoms with van der Waals surface area (Å²) in [6.07, 6.45) is 2.76. The summed E-state index contributed by atoms with van der Waals surface area (Å²) in [6.45, 7) is 2.03. The molecule has 1 aliphatic rings. The second-order valence-corrected chi connectivity index (χ2v) is 6.14. The first-order chi connectivity index (χ1) is 9.04. The molecule has 0 spiro atoms. The fourth-order valence-electron chi connectivity index (χ4n) is 2.65. The van der Waals surface area contributed by atoms with Crippen molar-refractivity contribution in [3.05, 3.63) is 34.9 Å². The predicted molar refractivity (Wildman–Crippen MR) is 79.2 cm³/mol. The number of aliphatic hydroxyl groups is 1. The Labute approximate surface area is 120 Å². The van der Waals surface area contributed by atoms with E-state index in [2.05, 4.69) is 11.9 Å². The second kappa shape index (κ2) is 6.71. The van der Waals surface area contributed by atoms with Gasteiger partial charge < -0.3 is 15.7 Å². The largest absolute Gasteiger partial charge is 0.393 e. The van der Waals surface area contributed by atoms with Crippen LogP contribution in [0.1, 0.15) is 30.9 Å². The van der Waals surface area contributed by atoms with Crippen molar-refractivity contribution < 1.29 is 5.11 Å². The predicted octanol–water partition coefficient (Wildman–Crippen LogP) is 2.43. The lowest BCUT2D eigenvalue weighted by Crippen LogP contribution is -2.37. The van der Waals surface area contributed by atoms with Crippen LogP contribution in [-0.2, 0) is 0 Å². The number of halogens is 1. The maximum Gasteiger partial charge on any atom is 0.0546 e. The summed E-state index contributed by atoms with van der Waals surface area (Å²) in [5, 5.41) is 10.0. The minimum Gasteiger partial charge on any atom is -0.393 e. The summed E-state index contributed by atoms with van der Waals surface area (Å²) < 4.78 is 0. The van der Waals surface area contributed by atoms with Gasteiger partial charge in [-0.05, 0) is 56.5 Å². The molecule has 1 fully saturated rings. The molecule has 0 saturated heterocycles. The standard InChI is InChI=1S/C15H23ClN2O/c1-18(10-11-7-14(19)8-11)6-5-15(17)12-3-2-4-13(16)9-12/h2-4,9,11,14-15,19H,5-8,10,17H2,1H3. The van der Waals surface area contributed by atoms with Crippen molar-refractivity contribution in [1.29, 1.82) is 0 Å². The van der Waals surface area contributed by atoms with E-state index in [4.69, 9.17) is 17.3 Å². The molecule has 0 aliphatic heterocycles. The Morgan fingerprint density at radius 1 is 1.47 bits per heavy atom. The van der Waals surface area contributed by atoms with Crippen LogP contribution in [0.5, 0.6) is 0 Å². The Bertz CT molecular complexity index is 407. The van der Waals surface area contributed by atoms with Crippen LogP contribution in [0.3, 0.4) is 0 Å². The normalized spacial score (nSPS) is 24.3. The van der Waals surface area contributed by atoms with Gasteiger partial charge in [0.15, 0.2) is 0 Å². The van der Waals surface area contributed by atoms with E-state index in [1.165, 1.54) is 0 Å². The molecule has 1 unspecified atom stereocenters. The van der Waals surface area contributed by atoms with Crippen LogP contribution >= 0.6 is 11.6 Å². The Morgan fingerprint density at radius 3 is 2.84 bits per heavy atom. The maximum absolute atomic E-state index is 9.27. The monoisotopic (exact) mass is 282 g/mol. The van der Waals surface area contributed by atoms with Crippen molar-refractivity contribution in [2.75, 3.05) is 20.1 Å². The van der Waals surface area contributed by atoms with Crippen LogP contribution < -0.4 is 5.73 Å². The Balaban J connectivity index is 1.72. The molecule has 2 rings (SSSR count). The molecule has 0 bridgehead atoms. The third-order valence-electron chi connectivity index (χ3n) is 3.88. The molecule has 3 N–H and O–H groups in total. The molecule has 1 aromatic rings. The van der Waals surface area contributed by atoms with Gasteiger partial charge in [-0.15, -0.1) is 0 Å². The summed E-state index contributed by atoms with van der Waals surface area (Å²) in [6, 6.07) is 7.81. The quantitative estimate of drug-likeness (QED) is 0.843. The minimum atomic E-state index is -0.0629. The molecule has 106 valence electrons. The lowest BCUT2D eigenvalue weighted by molar-refractivity contribution is 0.0280. The van der Waals surface area contributed by atoms with E-state index in [0.29, 0.717) is 5.92 Å². The SMILES string of the molecule is CN(CCC(N)c1cccc(Cl)c1)CC1CC(O)C1. The van der Waals surface area contributed by atoms with E-state index in [1.54, 1.807) is 0 Å². The molecule has 0 heterocycles. The second-order valence-electron chi connectivity index (χ2n) is 5.70. The number of hydrogen-bond acceptors (Lipinski definition) is 3. The van der Waals surface area contributed by atoms with Crippen LogP contribution in [0.4, 0.5) is 0 Å². The Hall–Kier alpha value is -0.610. The highest BCUT2D eigenvalue weighted by molar-refractivity contribution is 6.30. The Morgan fingerprint density at radius 2 is 2.21 bits per heavy atom. The van der Waals surface area contributed by atoms with Crippen LogP contribution in [0.2, 0.25) is 5.02 Å². The van der Waals surface area contributed by atoms with E-state index >= 15 is 0 Å². The number of nitrogens with zero attached hydrogens (tertiary/aromatic N) is 1. The zero-order chi connectivity index (χ0) is 13.8. The van der Waals surface area contributed by atoms with E-state index in [-0.39, 0.29) is 12.1 Å². The average molecular weight is 283 g/mol. The summed E-state index contributed by atoms with van der Waals surface area (Å²) in [7, 11) is 2.12. The molecule has 1 aliphatic carbocycles. The van der Waals surface area contributed by atoms with Gasteiger partial charge in [0.05, 0.1) is 6.10 Å². The first kappa shape index (κ1) is 14.8. The van der Waals surface area contributed by atoms with Gasteiger partial charge >= 0.3 is 0 Å². The smallest absolute Gasteiger partial charge is 0.0546 e. The molecule has 4 heteroatoms. The highest BCUT2D eigenvalue weighted by Crippen LogP contribution is 2.27. The molecular formula is C15H23ClN2O. The zero-order valence-electron chi connectivity index (χ0n) is 11.4. The van der Waals surface area contributed by atoms with Crippen LogP contribution in [0, 0.1) is 5.92 Å². The number of benzene rings is 1. The first-order valence-electron chi connectivity index (χ1n) is 6.92. The number of nitrogens with two attached hydrogens (primary N) is 1. The fourth-order valence-corrected chi connectivity index (χ4v) is 2.84. The Kier molecular flexibility index (Phi) is 5.22. The summed E-state index contributed by atoms with van der Waals surface area (Å²) in [5.41, 5.74) is 7.28. The zero-order valence-corrected chi connectivity index (χ0v) is 12.2. The van der Waals surface area contributed by atoms with Crippen molar-refractivity contribution in [3.63, 3.8) is 0 Å². The molecule has 19 heavy (non-hydrogen) atoms. The molecule has 0 amide bonds. The molecule has 1 atom stereocenters. The third kappa shape index (κ3) is 4.46. The van der Waals surface area contributed by atoms with Gasteiger partial charge in [0.2, 0.25) is 0 Å². The average Bonchev–Trinajstić information content (AvgIpc) is 2.34. The van der Waals surface area contributed by atoms with Crippen molar-refractivity contribution in [1.82, 2.24) is 4.90 Å². The van der Waals surface area contributed by atoms with Gasteiger partial charge in [-0.3, -0.25) is 0 Å². The molecule has 0 aromatic heterocycles. The number of rotatable bonds is 6. The van der Waals surface area contributed by atoms with Crippen molar-refractivity contribution in [2.24, 2.45) is 11.7 Å². The van der Waals surface area contributed by atoms with Gasteiger partial charge in [-0.2, -0.15) is 0 Å². The number of hydrogen-bond donors (Lipinski definition) is 2. The highest BCUT2D eigenvalue weighted by atomic mass is 35.5. The van der Waals surface area contributed by atoms with Crippen molar-refractivity contribution in [3.8, 4) is 0 Å². The molecule has 1 saturated carbocycles. The summed E-state index contributed by atoms with van der Waals surface area (Å²) in [5.74, 6) is 0.655. The van der Waals surface area contributed by atoms with E-state index < -0.39 is 0 Å². The molecule has 0 radical (unpaired) electrons. The number of aliphatic hydroxyl groups excluding tert-OH is 1. The molecular weight excluding hydrogens is 260 g/mol. The van der Waals surface area contributed by atoms with E-state index in [0.717, 1.165) is 42.9 Å². The summed E-state index contributed by atoms with van der Waals surface area (Å²) >= 11 is 5.97. The lowest BCUT2D eigenvalue weighted by atomic mass is 9.82. The van der Waals surface area contributed by atoms with Crippen LogP contribution in [-0.4, -0.2) is 36.2 Å². The molecule has 1 aromatic carbocycles. The third-order valence-corrected chi connectivity index (χ3v) is 4.11. The fraction of sp³-hybridized carbons (Fsp3) is 0.600. The van der Waals surface area contributed by atoms with E-state index in [1.807, 2.05) is 24.3 Å². The highest BCUT2D eigenvalue weighted by Gasteiger charge is 2.27. The first-order valence-corrected chi connectivity index (χ1v) is 7.30. The molecule has 3 nitrogen and oxygen atoms in total. The van der Waals surface area contributed by atoms with Gasteiger partial charge in [0, 0.05) is 17.6 Å². The topological polar surface area (TPSA) is 49.5 Å².